The number of nitrogens with one attached hydrogen (secondary N) is 2. The first-order valence-corrected chi connectivity index (χ1v) is 9.57. The standard InChI is InChI=1S/C20H27FN4O2/c1-14-6-7-15(21)12-17(14)24-20(26)19(27-16-4-2-3-5-16)18(13-22)25-10-8-23-9-11-25/h6-7,12-13,16,22-23H,2-5,8-11H2,1H3,(H,24,26)/p+1/b19-18-,22-13?. The van der Waals surface area contributed by atoms with E-state index < -0.39 is 11.7 Å². The quantitative estimate of drug-likeness (QED) is 0.393. The highest BCUT2D eigenvalue weighted by Gasteiger charge is 2.28. The summed E-state index contributed by atoms with van der Waals surface area (Å²) in [6.07, 6.45) is 5.49. The Morgan fingerprint density at radius 3 is 2.70 bits per heavy atom. The van der Waals surface area contributed by atoms with Gasteiger partial charge in [-0.1, -0.05) is 6.07 Å². The molecule has 1 saturated heterocycles. The fourth-order valence-corrected chi connectivity index (χ4v) is 3.54. The molecule has 0 aromatic heterocycles. The van der Waals surface area contributed by atoms with Crippen molar-refractivity contribution >= 4 is 17.8 Å². The third kappa shape index (κ3) is 4.86. The van der Waals surface area contributed by atoms with Gasteiger partial charge in [0.2, 0.25) is 5.76 Å². The van der Waals surface area contributed by atoms with Crippen LogP contribution < -0.4 is 16.0 Å². The molecule has 2 fully saturated rings. The lowest BCUT2D eigenvalue weighted by Gasteiger charge is -2.30. The van der Waals surface area contributed by atoms with Gasteiger partial charge in [-0.05, 0) is 50.3 Å². The average Bonchev–Trinajstić information content (AvgIpc) is 3.18. The topological polar surface area (TPSA) is 79.2 Å². The minimum Gasteiger partial charge on any atom is -0.483 e. The van der Waals surface area contributed by atoms with Crippen LogP contribution in [0, 0.1) is 12.7 Å². The molecule has 0 radical (unpaired) electrons. The van der Waals surface area contributed by atoms with Gasteiger partial charge in [-0.3, -0.25) is 10.2 Å². The number of hydrogen-bond acceptors (Lipinski definition) is 4. The minimum atomic E-state index is -0.397. The number of rotatable bonds is 6. The molecule has 0 unspecified atom stereocenters. The highest BCUT2D eigenvalue weighted by molar-refractivity contribution is 6.05. The van der Waals surface area contributed by atoms with Gasteiger partial charge in [0, 0.05) is 31.9 Å². The molecule has 146 valence electrons. The van der Waals surface area contributed by atoms with Gasteiger partial charge in [-0.25, -0.2) is 4.39 Å². The number of amides is 1. The van der Waals surface area contributed by atoms with Crippen LogP contribution in [0.1, 0.15) is 31.2 Å². The number of nitrogens with two attached hydrogens (primary N) is 1. The molecule has 1 heterocycles. The summed E-state index contributed by atoms with van der Waals surface area (Å²) in [4.78, 5) is 15.1. The summed E-state index contributed by atoms with van der Waals surface area (Å²) >= 11 is 0. The Morgan fingerprint density at radius 2 is 2.04 bits per heavy atom. The lowest BCUT2D eigenvalue weighted by atomic mass is 10.2. The van der Waals surface area contributed by atoms with Gasteiger partial charge < -0.3 is 20.3 Å². The van der Waals surface area contributed by atoms with Crippen LogP contribution in [-0.4, -0.2) is 49.3 Å². The van der Waals surface area contributed by atoms with E-state index in [-0.39, 0.29) is 11.9 Å². The number of aryl methyl sites for hydroxylation is 1. The van der Waals surface area contributed by atoms with Crippen LogP contribution in [0.4, 0.5) is 10.1 Å². The number of ether oxygens (including phenoxy) is 1. The van der Waals surface area contributed by atoms with Crippen molar-refractivity contribution in [3.05, 3.63) is 41.0 Å². The molecule has 1 aliphatic carbocycles. The molecule has 1 amide bonds. The van der Waals surface area contributed by atoms with Crippen LogP contribution in [0.2, 0.25) is 0 Å². The monoisotopic (exact) mass is 375 g/mol. The first-order chi connectivity index (χ1) is 13.1. The van der Waals surface area contributed by atoms with Gasteiger partial charge in [-0.2, -0.15) is 0 Å². The molecule has 6 nitrogen and oxygen atoms in total. The maximum Gasteiger partial charge on any atom is 0.293 e. The van der Waals surface area contributed by atoms with Crippen molar-refractivity contribution in [3.8, 4) is 0 Å². The number of allylic oxidation sites excluding steroid dienone is 1. The summed E-state index contributed by atoms with van der Waals surface area (Å²) in [7, 11) is 0. The van der Waals surface area contributed by atoms with E-state index in [9.17, 15) is 9.18 Å². The second kappa shape index (κ2) is 8.99. The van der Waals surface area contributed by atoms with Crippen molar-refractivity contribution in [1.29, 1.82) is 0 Å². The minimum absolute atomic E-state index is 0.0113. The normalized spacial score (nSPS) is 18.8. The number of carbonyl (C=O) groups excluding carboxylic acids is 1. The van der Waals surface area contributed by atoms with Gasteiger partial charge in [0.05, 0.1) is 6.10 Å². The second-order valence-electron chi connectivity index (χ2n) is 7.06. The summed E-state index contributed by atoms with van der Waals surface area (Å²) in [6.45, 7) is 4.94. The molecule has 3 rings (SSSR count). The molecule has 1 aliphatic heterocycles. The second-order valence-corrected chi connectivity index (χ2v) is 7.06. The number of hydrogen-bond donors (Lipinski definition) is 3. The van der Waals surface area contributed by atoms with Crippen LogP contribution in [0.15, 0.2) is 29.7 Å². The molecule has 0 atom stereocenters. The maximum atomic E-state index is 13.6. The first kappa shape index (κ1) is 19.4. The average molecular weight is 375 g/mol. The van der Waals surface area contributed by atoms with Gasteiger partial charge in [-0.15, -0.1) is 0 Å². The number of nitrogens with zero attached hydrogens (tertiary/aromatic N) is 1. The van der Waals surface area contributed by atoms with Crippen molar-refractivity contribution < 1.29 is 19.3 Å². The summed E-state index contributed by atoms with van der Waals surface area (Å²) in [6, 6.07) is 4.33. The first-order valence-electron chi connectivity index (χ1n) is 9.57. The van der Waals surface area contributed by atoms with E-state index in [1.165, 1.54) is 18.3 Å². The van der Waals surface area contributed by atoms with E-state index in [1.54, 1.807) is 6.07 Å². The SMILES string of the molecule is Cc1ccc(F)cc1NC(=O)/C(OC1CCCC1)=C(\C=[NH2+])N1CCNCC1. The number of anilines is 1. The molecule has 7 heteroatoms. The Bertz CT molecular complexity index is 723. The van der Waals surface area contributed by atoms with E-state index >= 15 is 0 Å². The van der Waals surface area contributed by atoms with Crippen molar-refractivity contribution in [2.75, 3.05) is 31.5 Å². The highest BCUT2D eigenvalue weighted by atomic mass is 19.1. The fraction of sp³-hybridized carbons (Fsp3) is 0.500. The molecular weight excluding hydrogens is 347 g/mol. The van der Waals surface area contributed by atoms with Crippen LogP contribution >= 0.6 is 0 Å². The Kier molecular flexibility index (Phi) is 6.45. The summed E-state index contributed by atoms with van der Waals surface area (Å²) < 4.78 is 19.7. The lowest BCUT2D eigenvalue weighted by Crippen LogP contribution is -2.47. The lowest BCUT2D eigenvalue weighted by molar-refractivity contribution is -0.118. The van der Waals surface area contributed by atoms with E-state index in [4.69, 9.17) is 10.1 Å². The highest BCUT2D eigenvalue weighted by Crippen LogP contribution is 2.26. The van der Waals surface area contributed by atoms with Crippen LogP contribution in [0.25, 0.3) is 0 Å². The van der Waals surface area contributed by atoms with Crippen LogP contribution in [-0.2, 0) is 9.53 Å². The molecule has 1 saturated carbocycles. The fourth-order valence-electron chi connectivity index (χ4n) is 3.54. The summed E-state index contributed by atoms with van der Waals surface area (Å²) in [5.41, 5.74) is 1.81. The van der Waals surface area contributed by atoms with Crippen molar-refractivity contribution in [2.45, 2.75) is 38.7 Å². The Balaban J connectivity index is 1.89. The number of halogens is 1. The van der Waals surface area contributed by atoms with Crippen molar-refractivity contribution in [2.24, 2.45) is 0 Å². The van der Waals surface area contributed by atoms with E-state index in [2.05, 4.69) is 15.5 Å². The summed E-state index contributed by atoms with van der Waals surface area (Å²) in [5.74, 6) is -0.577. The zero-order valence-electron chi connectivity index (χ0n) is 15.8. The third-order valence-corrected chi connectivity index (χ3v) is 5.09. The smallest absolute Gasteiger partial charge is 0.293 e. The zero-order chi connectivity index (χ0) is 19.2. The number of carbonyl (C=O) groups is 1. The third-order valence-electron chi connectivity index (χ3n) is 5.09. The molecule has 1 aromatic carbocycles. The van der Waals surface area contributed by atoms with Crippen molar-refractivity contribution in [3.63, 3.8) is 0 Å². The van der Waals surface area contributed by atoms with E-state index in [0.717, 1.165) is 57.4 Å². The zero-order valence-corrected chi connectivity index (χ0v) is 15.8. The summed E-state index contributed by atoms with van der Waals surface area (Å²) in [5, 5.41) is 12.0. The number of piperazine rings is 1. The molecule has 2 aliphatic rings. The maximum absolute atomic E-state index is 13.6. The molecule has 4 N–H and O–H groups in total. The molecule has 1 aromatic rings. The van der Waals surface area contributed by atoms with Gasteiger partial charge in [0.15, 0.2) is 6.21 Å². The molecule has 0 bridgehead atoms. The predicted molar refractivity (Wildman–Crippen MR) is 103 cm³/mol. The molecular formula is C20H28FN4O2+. The Hall–Kier alpha value is -2.41. The predicted octanol–water partition coefficient (Wildman–Crippen LogP) is 0.979. The molecule has 27 heavy (non-hydrogen) atoms. The number of benzene rings is 1. The van der Waals surface area contributed by atoms with E-state index in [1.807, 2.05) is 6.92 Å². The molecule has 0 spiro atoms. The van der Waals surface area contributed by atoms with Gasteiger partial charge in [0.1, 0.15) is 11.5 Å². The van der Waals surface area contributed by atoms with E-state index in [0.29, 0.717) is 11.4 Å². The van der Waals surface area contributed by atoms with Gasteiger partial charge in [0.25, 0.3) is 5.91 Å². The van der Waals surface area contributed by atoms with Gasteiger partial charge >= 0.3 is 0 Å². The Morgan fingerprint density at radius 1 is 1.33 bits per heavy atom. The largest absolute Gasteiger partial charge is 0.483 e. The van der Waals surface area contributed by atoms with Crippen LogP contribution in [0.3, 0.4) is 0 Å². The van der Waals surface area contributed by atoms with Crippen molar-refractivity contribution in [1.82, 2.24) is 10.2 Å². The van der Waals surface area contributed by atoms with Crippen LogP contribution in [0.5, 0.6) is 0 Å². The Labute approximate surface area is 159 Å².